The van der Waals surface area contributed by atoms with Crippen LogP contribution >= 0.6 is 0 Å². The van der Waals surface area contributed by atoms with E-state index in [1.807, 2.05) is 0 Å². The number of hydrogen-bond donors (Lipinski definition) is 1. The van der Waals surface area contributed by atoms with Gasteiger partial charge in [0.25, 0.3) is 0 Å². The van der Waals surface area contributed by atoms with Crippen LogP contribution in [0.5, 0.6) is 11.5 Å². The van der Waals surface area contributed by atoms with E-state index < -0.39 is 9.84 Å². The summed E-state index contributed by atoms with van der Waals surface area (Å²) in [6.07, 6.45) is 21.5. The Labute approximate surface area is 214 Å². The van der Waals surface area contributed by atoms with Crippen LogP contribution in [0.2, 0.25) is 0 Å². The van der Waals surface area contributed by atoms with Crippen molar-refractivity contribution in [3.05, 3.63) is 48.5 Å². The lowest BCUT2D eigenvalue weighted by atomic mass is 10.0. The van der Waals surface area contributed by atoms with Crippen molar-refractivity contribution in [2.75, 3.05) is 6.61 Å². The Balaban J connectivity index is 1.46. The molecule has 0 heterocycles. The Hall–Kier alpha value is -2.01. The van der Waals surface area contributed by atoms with Crippen molar-refractivity contribution in [1.29, 1.82) is 0 Å². The van der Waals surface area contributed by atoms with Crippen LogP contribution in [0.1, 0.15) is 110 Å². The molecular weight excluding hydrogens is 456 g/mol. The van der Waals surface area contributed by atoms with Gasteiger partial charge in [-0.1, -0.05) is 103 Å². The summed E-state index contributed by atoms with van der Waals surface area (Å²) in [4.78, 5) is 0.384. The Bertz CT molecular complexity index is 889. The fourth-order valence-corrected chi connectivity index (χ4v) is 5.58. The molecule has 0 unspecified atom stereocenters. The smallest absolute Gasteiger partial charge is 0.206 e. The molecule has 5 heteroatoms. The maximum absolute atomic E-state index is 12.7. The molecule has 0 saturated heterocycles. The van der Waals surface area contributed by atoms with Crippen LogP contribution in [0.3, 0.4) is 0 Å². The van der Waals surface area contributed by atoms with E-state index in [4.69, 9.17) is 4.74 Å². The van der Waals surface area contributed by atoms with E-state index in [-0.39, 0.29) is 15.5 Å². The fraction of sp³-hybridized carbons (Fsp3) is 0.600. The standard InChI is InChI=1S/C30H46O4S/c1-2-3-4-5-6-7-8-9-10-11-12-13-14-15-16-17-26-34-28-20-24-30(25-21-28)35(32,33)29-22-18-27(31)19-23-29/h18-25,31H,2-17,26H2,1H3. The van der Waals surface area contributed by atoms with E-state index in [1.165, 1.54) is 121 Å². The average Bonchev–Trinajstić information content (AvgIpc) is 2.86. The molecule has 0 aliphatic rings. The first-order valence-corrected chi connectivity index (χ1v) is 15.3. The molecule has 2 aromatic carbocycles. The molecule has 0 aliphatic carbocycles. The third-order valence-corrected chi connectivity index (χ3v) is 8.33. The van der Waals surface area contributed by atoms with E-state index in [1.54, 1.807) is 24.3 Å². The molecule has 1 N–H and O–H groups in total. The minimum Gasteiger partial charge on any atom is -0.508 e. The summed E-state index contributed by atoms with van der Waals surface area (Å²) in [7, 11) is -3.59. The molecule has 0 aliphatic heterocycles. The fourth-order valence-electron chi connectivity index (χ4n) is 4.32. The molecule has 35 heavy (non-hydrogen) atoms. The first-order valence-electron chi connectivity index (χ1n) is 13.8. The topological polar surface area (TPSA) is 63.6 Å². The molecule has 0 radical (unpaired) electrons. The first kappa shape index (κ1) is 29.2. The Morgan fingerprint density at radius 1 is 0.571 bits per heavy atom. The molecule has 0 aromatic heterocycles. The average molecular weight is 503 g/mol. The van der Waals surface area contributed by atoms with Crippen LogP contribution in [0.4, 0.5) is 0 Å². The summed E-state index contributed by atoms with van der Waals surface area (Å²) in [5.41, 5.74) is 0. The van der Waals surface area contributed by atoms with Gasteiger partial charge in [-0.3, -0.25) is 0 Å². The Kier molecular flexibility index (Phi) is 14.5. The summed E-state index contributed by atoms with van der Waals surface area (Å²) >= 11 is 0. The zero-order valence-electron chi connectivity index (χ0n) is 21.7. The zero-order valence-corrected chi connectivity index (χ0v) is 22.5. The molecule has 0 spiro atoms. The largest absolute Gasteiger partial charge is 0.508 e. The molecule has 0 bridgehead atoms. The lowest BCUT2D eigenvalue weighted by molar-refractivity contribution is 0.304. The number of benzene rings is 2. The van der Waals surface area contributed by atoms with Crippen molar-refractivity contribution in [3.63, 3.8) is 0 Å². The second kappa shape index (κ2) is 17.4. The van der Waals surface area contributed by atoms with Gasteiger partial charge in [-0.25, -0.2) is 8.42 Å². The van der Waals surface area contributed by atoms with Gasteiger partial charge in [0.15, 0.2) is 0 Å². The number of rotatable bonds is 20. The van der Waals surface area contributed by atoms with E-state index in [9.17, 15) is 13.5 Å². The number of aromatic hydroxyl groups is 1. The predicted octanol–water partition coefficient (Wildman–Crippen LogP) is 8.87. The Morgan fingerprint density at radius 3 is 1.37 bits per heavy atom. The molecule has 0 atom stereocenters. The number of phenolic OH excluding ortho intramolecular Hbond substituents is 1. The highest BCUT2D eigenvalue weighted by Gasteiger charge is 2.17. The summed E-state index contributed by atoms with van der Waals surface area (Å²) < 4.78 is 31.1. The van der Waals surface area contributed by atoms with Crippen LogP contribution in [0.25, 0.3) is 0 Å². The molecular formula is C30H46O4S. The van der Waals surface area contributed by atoms with E-state index >= 15 is 0 Å². The van der Waals surface area contributed by atoms with Crippen molar-refractivity contribution in [2.45, 2.75) is 119 Å². The number of unbranched alkanes of at least 4 members (excludes halogenated alkanes) is 15. The number of hydrogen-bond acceptors (Lipinski definition) is 4. The van der Waals surface area contributed by atoms with Crippen molar-refractivity contribution >= 4 is 9.84 Å². The van der Waals surface area contributed by atoms with Gasteiger partial charge in [0.1, 0.15) is 11.5 Å². The maximum atomic E-state index is 12.7. The normalized spacial score (nSPS) is 11.6. The van der Waals surface area contributed by atoms with Crippen LogP contribution in [0.15, 0.2) is 58.3 Å². The monoisotopic (exact) mass is 502 g/mol. The van der Waals surface area contributed by atoms with Crippen LogP contribution in [0, 0.1) is 0 Å². The van der Waals surface area contributed by atoms with Crippen molar-refractivity contribution < 1.29 is 18.3 Å². The second-order valence-corrected chi connectivity index (χ2v) is 11.6. The summed E-state index contributed by atoms with van der Waals surface area (Å²) in [5.74, 6) is 0.734. The molecule has 2 aromatic rings. The van der Waals surface area contributed by atoms with Gasteiger partial charge in [-0.15, -0.1) is 0 Å². The van der Waals surface area contributed by atoms with E-state index in [0.717, 1.165) is 6.42 Å². The predicted molar refractivity (Wildman–Crippen MR) is 145 cm³/mol. The van der Waals surface area contributed by atoms with E-state index in [0.29, 0.717) is 12.4 Å². The number of sulfone groups is 1. The van der Waals surface area contributed by atoms with Gasteiger partial charge in [0, 0.05) is 0 Å². The molecule has 0 fully saturated rings. The highest BCUT2D eigenvalue weighted by atomic mass is 32.2. The molecule has 196 valence electrons. The third kappa shape index (κ3) is 12.0. The quantitative estimate of drug-likeness (QED) is 0.184. The van der Waals surface area contributed by atoms with Crippen LogP contribution < -0.4 is 4.74 Å². The zero-order chi connectivity index (χ0) is 25.2. The SMILES string of the molecule is CCCCCCCCCCCCCCCCCCOc1ccc(S(=O)(=O)c2ccc(O)cc2)cc1. The summed E-state index contributed by atoms with van der Waals surface area (Å²) in [6.45, 7) is 2.93. The molecule has 0 amide bonds. The number of phenols is 1. The Morgan fingerprint density at radius 2 is 0.943 bits per heavy atom. The molecule has 2 rings (SSSR count). The number of ether oxygens (including phenoxy) is 1. The minimum atomic E-state index is -3.59. The van der Waals surface area contributed by atoms with Crippen LogP contribution in [-0.4, -0.2) is 20.1 Å². The van der Waals surface area contributed by atoms with Crippen LogP contribution in [-0.2, 0) is 9.84 Å². The maximum Gasteiger partial charge on any atom is 0.206 e. The minimum absolute atomic E-state index is 0.0433. The van der Waals surface area contributed by atoms with Gasteiger partial charge < -0.3 is 9.84 Å². The van der Waals surface area contributed by atoms with Gasteiger partial charge in [-0.05, 0) is 55.0 Å². The lowest BCUT2D eigenvalue weighted by Crippen LogP contribution is -2.02. The van der Waals surface area contributed by atoms with Gasteiger partial charge in [0.05, 0.1) is 16.4 Å². The van der Waals surface area contributed by atoms with Crippen molar-refractivity contribution in [3.8, 4) is 11.5 Å². The summed E-state index contributed by atoms with van der Waals surface area (Å²) in [6, 6.07) is 12.1. The van der Waals surface area contributed by atoms with Crippen molar-refractivity contribution in [1.82, 2.24) is 0 Å². The van der Waals surface area contributed by atoms with Gasteiger partial charge in [0.2, 0.25) is 9.84 Å². The highest BCUT2D eigenvalue weighted by molar-refractivity contribution is 7.91. The van der Waals surface area contributed by atoms with E-state index in [2.05, 4.69) is 6.92 Å². The lowest BCUT2D eigenvalue weighted by Gasteiger charge is -2.08. The third-order valence-electron chi connectivity index (χ3n) is 6.55. The van der Waals surface area contributed by atoms with Gasteiger partial charge >= 0.3 is 0 Å². The van der Waals surface area contributed by atoms with Gasteiger partial charge in [-0.2, -0.15) is 0 Å². The molecule has 4 nitrogen and oxygen atoms in total. The first-order chi connectivity index (χ1) is 17.0. The second-order valence-electron chi connectivity index (χ2n) is 9.62. The highest BCUT2D eigenvalue weighted by Crippen LogP contribution is 2.24. The van der Waals surface area contributed by atoms with Crippen molar-refractivity contribution in [2.24, 2.45) is 0 Å². The molecule has 0 saturated carbocycles. The summed E-state index contributed by atoms with van der Waals surface area (Å²) in [5, 5.41) is 9.36.